The highest BCUT2D eigenvalue weighted by Crippen LogP contribution is 2.17. The minimum atomic E-state index is -0.911. The largest absolute Gasteiger partial charge is 0.332 e. The number of likely N-dealkylation sites (N-methyl/N-ethyl adjacent to an activating group) is 1. The number of halogens is 2. The first-order valence-corrected chi connectivity index (χ1v) is 9.58. The summed E-state index contributed by atoms with van der Waals surface area (Å²) >= 11 is 0. The predicted molar refractivity (Wildman–Crippen MR) is 103 cm³/mol. The molecule has 1 amide bonds. The van der Waals surface area contributed by atoms with Crippen molar-refractivity contribution in [3.63, 3.8) is 0 Å². The number of hydrogen-bond donors (Lipinski definition) is 1. The van der Waals surface area contributed by atoms with Crippen molar-refractivity contribution < 1.29 is 13.6 Å². The quantitative estimate of drug-likeness (QED) is 0.787. The summed E-state index contributed by atoms with van der Waals surface area (Å²) < 4.78 is 28.6. The third-order valence-corrected chi connectivity index (χ3v) is 4.93. The molecule has 152 valence electrons. The number of carbonyl (C=O) groups excluding carboxylic acids is 1. The van der Waals surface area contributed by atoms with Gasteiger partial charge in [-0.25, -0.2) is 8.78 Å². The molecule has 2 aromatic rings. The number of hydrogen-bond acceptors (Lipinski definition) is 4. The van der Waals surface area contributed by atoms with Crippen molar-refractivity contribution in [2.45, 2.75) is 25.4 Å². The molecule has 6 nitrogen and oxygen atoms in total. The Kier molecular flexibility index (Phi) is 6.74. The fourth-order valence-electron chi connectivity index (χ4n) is 3.31. The van der Waals surface area contributed by atoms with Crippen LogP contribution in [0.3, 0.4) is 0 Å². The number of carbonyl (C=O) groups is 1. The van der Waals surface area contributed by atoms with Gasteiger partial charge in [0.2, 0.25) is 0 Å². The summed E-state index contributed by atoms with van der Waals surface area (Å²) in [5.41, 5.74) is 0.911. The van der Waals surface area contributed by atoms with Gasteiger partial charge in [0.25, 0.3) is 5.91 Å². The molecule has 0 spiro atoms. The lowest BCUT2D eigenvalue weighted by molar-refractivity contribution is 0.0724. The van der Waals surface area contributed by atoms with E-state index in [0.29, 0.717) is 24.3 Å². The van der Waals surface area contributed by atoms with Gasteiger partial charge in [-0.1, -0.05) is 6.07 Å². The summed E-state index contributed by atoms with van der Waals surface area (Å²) in [6.07, 6.45) is 3.95. The van der Waals surface area contributed by atoms with E-state index in [0.717, 1.165) is 38.1 Å². The van der Waals surface area contributed by atoms with Crippen molar-refractivity contribution in [3.8, 4) is 0 Å². The van der Waals surface area contributed by atoms with Crippen LogP contribution in [0.2, 0.25) is 0 Å². The van der Waals surface area contributed by atoms with E-state index in [1.165, 1.54) is 6.07 Å². The van der Waals surface area contributed by atoms with E-state index >= 15 is 0 Å². The lowest BCUT2D eigenvalue weighted by Gasteiger charge is -2.24. The summed E-state index contributed by atoms with van der Waals surface area (Å²) in [4.78, 5) is 16.7. The summed E-state index contributed by atoms with van der Waals surface area (Å²) in [5.74, 6) is -2.02. The standard InChI is InChI=1S/C20H27F2N5O/c1-25(2)10-11-26(14-15-5-6-17(21)18(22)12-15)20(28)19-7-9-27(24-19)16-4-3-8-23-13-16/h5-7,9,12,16,23H,3-4,8,10-11,13-14H2,1-2H3. The molecule has 0 radical (unpaired) electrons. The lowest BCUT2D eigenvalue weighted by Crippen LogP contribution is -2.37. The summed E-state index contributed by atoms with van der Waals surface area (Å²) in [6, 6.07) is 5.70. The molecule has 2 heterocycles. The molecular formula is C20H27F2N5O. The SMILES string of the molecule is CN(C)CCN(Cc1ccc(F)c(F)c1)C(=O)c1ccn(C2CCCNC2)n1. The van der Waals surface area contributed by atoms with Crippen molar-refractivity contribution in [1.82, 2.24) is 24.9 Å². The highest BCUT2D eigenvalue weighted by atomic mass is 19.2. The monoisotopic (exact) mass is 391 g/mol. The van der Waals surface area contributed by atoms with Crippen LogP contribution in [0.4, 0.5) is 8.78 Å². The third-order valence-electron chi connectivity index (χ3n) is 4.93. The van der Waals surface area contributed by atoms with Gasteiger partial charge in [0, 0.05) is 32.4 Å². The van der Waals surface area contributed by atoms with Gasteiger partial charge in [0.05, 0.1) is 6.04 Å². The first kappa shape index (κ1) is 20.4. The van der Waals surface area contributed by atoms with Crippen LogP contribution in [0.1, 0.15) is 34.9 Å². The van der Waals surface area contributed by atoms with E-state index < -0.39 is 11.6 Å². The Morgan fingerprint density at radius 2 is 2.07 bits per heavy atom. The van der Waals surface area contributed by atoms with Crippen LogP contribution in [0, 0.1) is 11.6 Å². The van der Waals surface area contributed by atoms with Crippen LogP contribution in [0.25, 0.3) is 0 Å². The first-order valence-electron chi connectivity index (χ1n) is 9.58. The number of rotatable bonds is 7. The molecule has 28 heavy (non-hydrogen) atoms. The topological polar surface area (TPSA) is 53.4 Å². The Balaban J connectivity index is 1.75. The second-order valence-corrected chi connectivity index (χ2v) is 7.46. The van der Waals surface area contributed by atoms with Gasteiger partial charge in [-0.2, -0.15) is 5.10 Å². The molecule has 1 atom stereocenters. The van der Waals surface area contributed by atoms with Crippen molar-refractivity contribution in [1.29, 1.82) is 0 Å². The number of nitrogens with zero attached hydrogens (tertiary/aromatic N) is 4. The Morgan fingerprint density at radius 1 is 1.25 bits per heavy atom. The summed E-state index contributed by atoms with van der Waals surface area (Å²) in [5, 5.41) is 7.83. The number of amides is 1. The van der Waals surface area contributed by atoms with Crippen LogP contribution in [-0.2, 0) is 6.54 Å². The van der Waals surface area contributed by atoms with Gasteiger partial charge >= 0.3 is 0 Å². The maximum atomic E-state index is 13.6. The van der Waals surface area contributed by atoms with Crippen molar-refractivity contribution >= 4 is 5.91 Å². The van der Waals surface area contributed by atoms with Gasteiger partial charge < -0.3 is 15.1 Å². The summed E-state index contributed by atoms with van der Waals surface area (Å²) in [7, 11) is 3.84. The van der Waals surface area contributed by atoms with Crippen LogP contribution in [0.5, 0.6) is 0 Å². The fraction of sp³-hybridized carbons (Fsp3) is 0.500. The molecule has 0 saturated carbocycles. The zero-order valence-electron chi connectivity index (χ0n) is 16.4. The molecule has 1 saturated heterocycles. The molecule has 1 aliphatic rings. The van der Waals surface area contributed by atoms with E-state index in [4.69, 9.17) is 0 Å². The van der Waals surface area contributed by atoms with Crippen molar-refractivity contribution in [3.05, 3.63) is 53.4 Å². The second-order valence-electron chi connectivity index (χ2n) is 7.46. The van der Waals surface area contributed by atoms with E-state index in [1.54, 1.807) is 11.0 Å². The molecular weight excluding hydrogens is 364 g/mol. The average Bonchev–Trinajstić information content (AvgIpc) is 3.18. The molecule has 0 aliphatic carbocycles. The minimum Gasteiger partial charge on any atom is -0.332 e. The smallest absolute Gasteiger partial charge is 0.274 e. The molecule has 8 heteroatoms. The van der Waals surface area contributed by atoms with Gasteiger partial charge in [0.1, 0.15) is 5.69 Å². The highest BCUT2D eigenvalue weighted by molar-refractivity contribution is 5.92. The number of aromatic nitrogens is 2. The Hall–Kier alpha value is -2.32. The molecule has 1 unspecified atom stereocenters. The van der Waals surface area contributed by atoms with Crippen LogP contribution in [0.15, 0.2) is 30.5 Å². The molecule has 0 bridgehead atoms. The van der Waals surface area contributed by atoms with E-state index in [2.05, 4.69) is 10.4 Å². The minimum absolute atomic E-state index is 0.196. The zero-order chi connectivity index (χ0) is 20.1. The van der Waals surface area contributed by atoms with Gasteiger partial charge in [-0.05, 0) is 57.2 Å². The third kappa shape index (κ3) is 5.14. The summed E-state index contributed by atoms with van der Waals surface area (Å²) in [6.45, 7) is 3.16. The second kappa shape index (κ2) is 9.25. The predicted octanol–water partition coefficient (Wildman–Crippen LogP) is 2.29. The molecule has 1 N–H and O–H groups in total. The molecule has 3 rings (SSSR count). The maximum Gasteiger partial charge on any atom is 0.274 e. The average molecular weight is 391 g/mol. The maximum absolute atomic E-state index is 13.6. The Labute approximate surface area is 164 Å². The van der Waals surface area contributed by atoms with Crippen LogP contribution in [-0.4, -0.2) is 65.8 Å². The van der Waals surface area contributed by atoms with Crippen molar-refractivity contribution in [2.75, 3.05) is 40.3 Å². The zero-order valence-corrected chi connectivity index (χ0v) is 16.4. The molecule has 1 aromatic carbocycles. The Morgan fingerprint density at radius 3 is 2.75 bits per heavy atom. The molecule has 1 aliphatic heterocycles. The number of piperidine rings is 1. The number of benzene rings is 1. The number of nitrogens with one attached hydrogen (secondary N) is 1. The van der Waals surface area contributed by atoms with Crippen LogP contribution < -0.4 is 5.32 Å². The normalized spacial score (nSPS) is 17.1. The van der Waals surface area contributed by atoms with Crippen molar-refractivity contribution in [2.24, 2.45) is 0 Å². The van der Waals surface area contributed by atoms with Gasteiger partial charge in [-0.15, -0.1) is 0 Å². The highest BCUT2D eigenvalue weighted by Gasteiger charge is 2.22. The van der Waals surface area contributed by atoms with Gasteiger partial charge in [0.15, 0.2) is 11.6 Å². The van der Waals surface area contributed by atoms with E-state index in [9.17, 15) is 13.6 Å². The Bertz CT molecular complexity index is 802. The lowest BCUT2D eigenvalue weighted by atomic mass is 10.1. The van der Waals surface area contributed by atoms with Gasteiger partial charge in [-0.3, -0.25) is 9.48 Å². The fourth-order valence-corrected chi connectivity index (χ4v) is 3.31. The molecule has 1 fully saturated rings. The van der Waals surface area contributed by atoms with E-state index in [1.807, 2.05) is 29.9 Å². The van der Waals surface area contributed by atoms with Crippen LogP contribution >= 0.6 is 0 Å². The molecule has 1 aromatic heterocycles. The van der Waals surface area contributed by atoms with E-state index in [-0.39, 0.29) is 18.5 Å². The first-order chi connectivity index (χ1) is 13.4.